The van der Waals surface area contributed by atoms with Crippen molar-refractivity contribution in [2.75, 3.05) is 57.3 Å². The highest BCUT2D eigenvalue weighted by Crippen LogP contribution is 2.25. The highest BCUT2D eigenvalue weighted by molar-refractivity contribution is 7.89. The number of aromatic nitrogens is 1. The zero-order valence-corrected chi connectivity index (χ0v) is 24.8. The lowest BCUT2D eigenvalue weighted by Gasteiger charge is -2.37. The number of rotatable bonds is 6. The molecule has 2 fully saturated rings. The van der Waals surface area contributed by atoms with Crippen LogP contribution in [0.15, 0.2) is 47.5 Å². The molecule has 36 heavy (non-hydrogen) atoms. The maximum absolute atomic E-state index is 13.1. The van der Waals surface area contributed by atoms with Crippen LogP contribution >= 0.6 is 37.2 Å². The summed E-state index contributed by atoms with van der Waals surface area (Å²) in [6.45, 7) is 15.5. The minimum atomic E-state index is -3.46. The van der Waals surface area contributed by atoms with Crippen molar-refractivity contribution in [1.29, 1.82) is 0 Å². The van der Waals surface area contributed by atoms with Crippen LogP contribution in [0, 0.1) is 0 Å². The number of halogens is 3. The van der Waals surface area contributed by atoms with Crippen molar-refractivity contribution in [2.45, 2.75) is 44.7 Å². The Morgan fingerprint density at radius 3 is 1.58 bits per heavy atom. The van der Waals surface area contributed by atoms with Crippen LogP contribution < -0.4 is 4.90 Å². The molecule has 0 aliphatic carbocycles. The topological polar surface area (TPSA) is 60.0 Å². The van der Waals surface area contributed by atoms with Crippen LogP contribution in [-0.4, -0.2) is 91.9 Å². The Hall–Kier alpha value is -1.13. The maximum atomic E-state index is 13.1. The predicted octanol–water partition coefficient (Wildman–Crippen LogP) is 4.26. The summed E-state index contributed by atoms with van der Waals surface area (Å²) >= 11 is 0. The van der Waals surface area contributed by atoms with Gasteiger partial charge in [0.1, 0.15) is 5.82 Å². The molecule has 4 rings (SSSR count). The van der Waals surface area contributed by atoms with Crippen molar-refractivity contribution >= 4 is 53.1 Å². The van der Waals surface area contributed by atoms with Gasteiger partial charge in [0.15, 0.2) is 0 Å². The number of hydrogen-bond acceptors (Lipinski definition) is 6. The Balaban J connectivity index is 0.00000216. The highest BCUT2D eigenvalue weighted by atomic mass is 35.5. The average Bonchev–Trinajstić information content (AvgIpc) is 2.84. The second kappa shape index (κ2) is 14.1. The Kier molecular flexibility index (Phi) is 12.9. The molecule has 0 spiro atoms. The monoisotopic (exact) mass is 579 g/mol. The first-order valence-electron chi connectivity index (χ1n) is 12.1. The van der Waals surface area contributed by atoms with Crippen LogP contribution in [0.1, 0.15) is 27.7 Å². The first-order chi connectivity index (χ1) is 15.8. The number of hydrogen-bond donors (Lipinski definition) is 0. The number of piperazine rings is 2. The van der Waals surface area contributed by atoms with E-state index in [-0.39, 0.29) is 37.2 Å². The molecular weight excluding hydrogens is 541 g/mol. The SMILES string of the molecule is CC(C)N1CCN(c2ccc(-c3ccc(S(=O)(=O)N4CCN(C(C)C)CC4)cc3)cn2)CC1.Cl.Cl.Cl. The molecule has 0 saturated carbocycles. The quantitative estimate of drug-likeness (QED) is 0.509. The summed E-state index contributed by atoms with van der Waals surface area (Å²) in [4.78, 5) is 12.2. The van der Waals surface area contributed by atoms with Crippen LogP contribution in [-0.2, 0) is 10.0 Å². The molecule has 1 aromatic carbocycles. The lowest BCUT2D eigenvalue weighted by atomic mass is 10.1. The second-order valence-corrected chi connectivity index (χ2v) is 11.5. The first kappa shape index (κ1) is 32.9. The van der Waals surface area contributed by atoms with Crippen molar-refractivity contribution in [3.63, 3.8) is 0 Å². The zero-order chi connectivity index (χ0) is 23.6. The largest absolute Gasteiger partial charge is 0.354 e. The van der Waals surface area contributed by atoms with Crippen molar-refractivity contribution in [3.8, 4) is 11.1 Å². The number of nitrogens with zero attached hydrogens (tertiary/aromatic N) is 5. The van der Waals surface area contributed by atoms with Crippen molar-refractivity contribution in [3.05, 3.63) is 42.6 Å². The molecule has 204 valence electrons. The van der Waals surface area contributed by atoms with Gasteiger partial charge in [0, 0.05) is 76.2 Å². The third-order valence-corrected chi connectivity index (χ3v) is 8.86. The van der Waals surface area contributed by atoms with Gasteiger partial charge in [-0.3, -0.25) is 9.80 Å². The molecule has 7 nitrogen and oxygen atoms in total. The van der Waals surface area contributed by atoms with Crippen LogP contribution in [0.4, 0.5) is 5.82 Å². The van der Waals surface area contributed by atoms with Crippen molar-refractivity contribution in [2.24, 2.45) is 0 Å². The number of anilines is 1. The third-order valence-electron chi connectivity index (χ3n) is 6.95. The van der Waals surface area contributed by atoms with Gasteiger partial charge in [0.05, 0.1) is 4.90 Å². The minimum absolute atomic E-state index is 0. The molecular formula is C25H40Cl3N5O2S. The Morgan fingerprint density at radius 2 is 1.14 bits per heavy atom. The fourth-order valence-corrected chi connectivity index (χ4v) is 6.06. The number of sulfonamides is 1. The Bertz CT molecular complexity index is 1020. The van der Waals surface area contributed by atoms with E-state index in [1.165, 1.54) is 0 Å². The molecule has 0 atom stereocenters. The summed E-state index contributed by atoms with van der Waals surface area (Å²) < 4.78 is 27.8. The van der Waals surface area contributed by atoms with E-state index in [4.69, 9.17) is 4.98 Å². The van der Waals surface area contributed by atoms with Gasteiger partial charge in [-0.25, -0.2) is 13.4 Å². The Labute approximate surface area is 235 Å². The minimum Gasteiger partial charge on any atom is -0.354 e. The van der Waals surface area contributed by atoms with Gasteiger partial charge in [-0.15, -0.1) is 37.2 Å². The van der Waals surface area contributed by atoms with E-state index >= 15 is 0 Å². The van der Waals surface area contributed by atoms with E-state index in [0.717, 1.165) is 56.2 Å². The van der Waals surface area contributed by atoms with Gasteiger partial charge in [-0.2, -0.15) is 4.31 Å². The zero-order valence-electron chi connectivity index (χ0n) is 21.5. The molecule has 0 bridgehead atoms. The second-order valence-electron chi connectivity index (χ2n) is 9.58. The summed E-state index contributed by atoms with van der Waals surface area (Å²) in [5, 5.41) is 0. The average molecular weight is 581 g/mol. The first-order valence-corrected chi connectivity index (χ1v) is 13.5. The van der Waals surface area contributed by atoms with Crippen molar-refractivity contribution in [1.82, 2.24) is 19.1 Å². The normalized spacial score (nSPS) is 17.9. The molecule has 2 aliphatic rings. The highest BCUT2D eigenvalue weighted by Gasteiger charge is 2.29. The molecule has 3 heterocycles. The van der Waals surface area contributed by atoms with E-state index < -0.39 is 10.0 Å². The van der Waals surface area contributed by atoms with Gasteiger partial charge in [-0.1, -0.05) is 12.1 Å². The molecule has 0 unspecified atom stereocenters. The van der Waals surface area contributed by atoms with Gasteiger partial charge >= 0.3 is 0 Å². The lowest BCUT2D eigenvalue weighted by molar-refractivity contribution is 0.154. The molecule has 2 aliphatic heterocycles. The van der Waals surface area contributed by atoms with E-state index in [2.05, 4.69) is 54.5 Å². The number of pyridine rings is 1. The third kappa shape index (κ3) is 7.47. The molecule has 0 N–H and O–H groups in total. The molecule has 2 saturated heterocycles. The Morgan fingerprint density at radius 1 is 0.667 bits per heavy atom. The van der Waals surface area contributed by atoms with E-state index in [1.807, 2.05) is 18.3 Å². The van der Waals surface area contributed by atoms with Gasteiger partial charge in [-0.05, 0) is 57.5 Å². The summed E-state index contributed by atoms with van der Waals surface area (Å²) in [6, 6.07) is 12.4. The molecule has 2 aromatic rings. The fourth-order valence-electron chi connectivity index (χ4n) is 4.64. The predicted molar refractivity (Wildman–Crippen MR) is 156 cm³/mol. The molecule has 0 radical (unpaired) electrons. The van der Waals surface area contributed by atoms with E-state index in [1.54, 1.807) is 16.4 Å². The summed E-state index contributed by atoms with van der Waals surface area (Å²) in [5.41, 5.74) is 1.97. The summed E-state index contributed by atoms with van der Waals surface area (Å²) in [5.74, 6) is 1.00. The van der Waals surface area contributed by atoms with Gasteiger partial charge in [0.25, 0.3) is 0 Å². The van der Waals surface area contributed by atoms with Crippen LogP contribution in [0.5, 0.6) is 0 Å². The summed E-state index contributed by atoms with van der Waals surface area (Å²) in [7, 11) is -3.46. The maximum Gasteiger partial charge on any atom is 0.243 e. The summed E-state index contributed by atoms with van der Waals surface area (Å²) in [6.07, 6.45) is 1.89. The fraction of sp³-hybridized carbons (Fsp3) is 0.560. The molecule has 1 aromatic heterocycles. The van der Waals surface area contributed by atoms with E-state index in [0.29, 0.717) is 30.1 Å². The van der Waals surface area contributed by atoms with Crippen LogP contribution in [0.3, 0.4) is 0 Å². The number of benzene rings is 1. The van der Waals surface area contributed by atoms with Crippen LogP contribution in [0.2, 0.25) is 0 Å². The van der Waals surface area contributed by atoms with E-state index in [9.17, 15) is 8.42 Å². The van der Waals surface area contributed by atoms with Gasteiger partial charge in [0.2, 0.25) is 10.0 Å². The molecule has 0 amide bonds. The van der Waals surface area contributed by atoms with Crippen LogP contribution in [0.25, 0.3) is 11.1 Å². The standard InChI is InChI=1S/C25H37N5O2S.3ClH/c1-20(2)27-11-13-29(14-12-27)25-10-7-23(19-26-25)22-5-8-24(9-6-22)33(31,32)30-17-15-28(16-18-30)21(3)4;;;/h5-10,19-21H,11-18H2,1-4H3;3*1H. The van der Waals surface area contributed by atoms with Crippen molar-refractivity contribution < 1.29 is 8.42 Å². The smallest absolute Gasteiger partial charge is 0.243 e. The molecule has 11 heteroatoms. The lowest BCUT2D eigenvalue weighted by Crippen LogP contribution is -2.50. The van der Waals surface area contributed by atoms with Gasteiger partial charge < -0.3 is 4.90 Å².